The number of hydrogen-bond acceptors (Lipinski definition) is 1. The molecule has 0 bridgehead atoms. The van der Waals surface area contributed by atoms with Gasteiger partial charge in [0.1, 0.15) is 0 Å². The molecule has 1 aliphatic heterocycles. The van der Waals surface area contributed by atoms with Crippen molar-refractivity contribution in [2.45, 2.75) is 12.5 Å². The van der Waals surface area contributed by atoms with Gasteiger partial charge in [-0.3, -0.25) is 0 Å². The number of terminal acetylenes is 1. The van der Waals surface area contributed by atoms with E-state index in [9.17, 15) is 0 Å². The Morgan fingerprint density at radius 1 is 1.33 bits per heavy atom. The van der Waals surface area contributed by atoms with Gasteiger partial charge in [-0.05, 0) is 18.6 Å². The molecule has 1 aliphatic rings. The lowest BCUT2D eigenvalue weighted by molar-refractivity contribution is 0.536. The van der Waals surface area contributed by atoms with Gasteiger partial charge in [0.25, 0.3) is 0 Å². The minimum absolute atomic E-state index is 0.326. The van der Waals surface area contributed by atoms with E-state index in [0.717, 1.165) is 13.0 Å². The highest BCUT2D eigenvalue weighted by molar-refractivity contribution is 5.51. The predicted octanol–water partition coefficient (Wildman–Crippen LogP) is 1.90. The van der Waals surface area contributed by atoms with Crippen molar-refractivity contribution in [2.24, 2.45) is 0 Å². The smallest absolute Gasteiger partial charge is 0.0918 e. The van der Waals surface area contributed by atoms with Gasteiger partial charge >= 0.3 is 0 Å². The third-order valence-electron chi connectivity index (χ3n) is 2.30. The predicted molar refractivity (Wildman–Crippen MR) is 51.0 cm³/mol. The third kappa shape index (κ3) is 1.06. The van der Waals surface area contributed by atoms with Crippen LogP contribution in [0.5, 0.6) is 0 Å². The average molecular weight is 157 g/mol. The molecule has 1 heterocycles. The zero-order chi connectivity index (χ0) is 8.39. The van der Waals surface area contributed by atoms with Crippen LogP contribution in [0.3, 0.4) is 0 Å². The number of nitrogens with zero attached hydrogens (tertiary/aromatic N) is 1. The van der Waals surface area contributed by atoms with Crippen LogP contribution in [0.15, 0.2) is 30.3 Å². The number of anilines is 1. The largest absolute Gasteiger partial charge is 0.357 e. The summed E-state index contributed by atoms with van der Waals surface area (Å²) < 4.78 is 0. The summed E-state index contributed by atoms with van der Waals surface area (Å²) in [6.45, 7) is 1.10. The van der Waals surface area contributed by atoms with Crippen LogP contribution in [0.2, 0.25) is 0 Å². The quantitative estimate of drug-likeness (QED) is 0.563. The lowest BCUT2D eigenvalue weighted by Crippen LogP contribution is -2.46. The van der Waals surface area contributed by atoms with Crippen molar-refractivity contribution in [1.82, 2.24) is 0 Å². The summed E-state index contributed by atoms with van der Waals surface area (Å²) >= 11 is 0. The monoisotopic (exact) mass is 157 g/mol. The Balaban J connectivity index is 2.17. The van der Waals surface area contributed by atoms with Crippen LogP contribution in [0.4, 0.5) is 5.69 Å². The van der Waals surface area contributed by atoms with E-state index in [1.165, 1.54) is 5.69 Å². The fourth-order valence-electron chi connectivity index (χ4n) is 1.49. The van der Waals surface area contributed by atoms with Crippen molar-refractivity contribution in [2.75, 3.05) is 11.4 Å². The van der Waals surface area contributed by atoms with Crippen molar-refractivity contribution in [3.8, 4) is 12.3 Å². The molecule has 60 valence electrons. The van der Waals surface area contributed by atoms with Crippen molar-refractivity contribution in [3.05, 3.63) is 30.3 Å². The van der Waals surface area contributed by atoms with Gasteiger partial charge in [0.05, 0.1) is 6.04 Å². The summed E-state index contributed by atoms with van der Waals surface area (Å²) in [6, 6.07) is 10.6. The molecule has 0 aromatic heterocycles. The van der Waals surface area contributed by atoms with Crippen LogP contribution in [-0.2, 0) is 0 Å². The molecular weight excluding hydrogens is 146 g/mol. The van der Waals surface area contributed by atoms with E-state index >= 15 is 0 Å². The van der Waals surface area contributed by atoms with Crippen molar-refractivity contribution in [3.63, 3.8) is 0 Å². The summed E-state index contributed by atoms with van der Waals surface area (Å²) in [7, 11) is 0. The van der Waals surface area contributed by atoms with Crippen molar-refractivity contribution < 1.29 is 0 Å². The summed E-state index contributed by atoms with van der Waals surface area (Å²) in [4.78, 5) is 2.25. The topological polar surface area (TPSA) is 3.24 Å². The van der Waals surface area contributed by atoms with Crippen LogP contribution in [0.1, 0.15) is 6.42 Å². The second kappa shape index (κ2) is 2.91. The Bertz CT molecular complexity index is 297. The van der Waals surface area contributed by atoms with Crippen LogP contribution in [0.25, 0.3) is 0 Å². The van der Waals surface area contributed by atoms with Gasteiger partial charge in [0, 0.05) is 12.2 Å². The van der Waals surface area contributed by atoms with Gasteiger partial charge in [-0.25, -0.2) is 0 Å². The Labute approximate surface area is 73.0 Å². The van der Waals surface area contributed by atoms with Gasteiger partial charge in [0.2, 0.25) is 0 Å². The first-order chi connectivity index (χ1) is 5.92. The van der Waals surface area contributed by atoms with Gasteiger partial charge < -0.3 is 4.90 Å². The molecule has 1 nitrogen and oxygen atoms in total. The molecule has 2 rings (SSSR count). The number of para-hydroxylation sites is 1. The minimum Gasteiger partial charge on any atom is -0.357 e. The molecule has 1 heteroatoms. The Morgan fingerprint density at radius 3 is 2.58 bits per heavy atom. The molecule has 0 radical (unpaired) electrons. The normalized spacial score (nSPS) is 21.2. The molecule has 12 heavy (non-hydrogen) atoms. The Kier molecular flexibility index (Phi) is 1.75. The average Bonchev–Trinajstić information content (AvgIpc) is 2.05. The van der Waals surface area contributed by atoms with E-state index in [1.807, 2.05) is 18.2 Å². The maximum absolute atomic E-state index is 5.37. The van der Waals surface area contributed by atoms with E-state index in [0.29, 0.717) is 6.04 Å². The van der Waals surface area contributed by atoms with Crippen LogP contribution in [0, 0.1) is 12.3 Å². The lowest BCUT2D eigenvalue weighted by atomic mass is 10.0. The van der Waals surface area contributed by atoms with Crippen molar-refractivity contribution >= 4 is 5.69 Å². The maximum atomic E-state index is 5.37. The van der Waals surface area contributed by atoms with Gasteiger partial charge in [0.15, 0.2) is 0 Å². The first-order valence-electron chi connectivity index (χ1n) is 4.19. The first kappa shape index (κ1) is 7.24. The SMILES string of the molecule is C#CC1CCN1c1ccccc1. The summed E-state index contributed by atoms with van der Waals surface area (Å²) in [5.41, 5.74) is 1.24. The zero-order valence-corrected chi connectivity index (χ0v) is 6.90. The maximum Gasteiger partial charge on any atom is 0.0918 e. The zero-order valence-electron chi connectivity index (χ0n) is 6.90. The van der Waals surface area contributed by atoms with Crippen molar-refractivity contribution in [1.29, 1.82) is 0 Å². The molecule has 1 atom stereocenters. The lowest BCUT2D eigenvalue weighted by Gasteiger charge is -2.39. The molecule has 1 fully saturated rings. The highest BCUT2D eigenvalue weighted by Gasteiger charge is 2.25. The highest BCUT2D eigenvalue weighted by Crippen LogP contribution is 2.24. The second-order valence-corrected chi connectivity index (χ2v) is 3.00. The van der Waals surface area contributed by atoms with E-state index in [1.54, 1.807) is 0 Å². The highest BCUT2D eigenvalue weighted by atomic mass is 15.2. The summed E-state index contributed by atoms with van der Waals surface area (Å²) in [6.07, 6.45) is 6.50. The van der Waals surface area contributed by atoms with E-state index in [-0.39, 0.29) is 0 Å². The molecule has 1 aromatic carbocycles. The molecule has 1 aromatic rings. The number of rotatable bonds is 1. The molecule has 0 spiro atoms. The van der Waals surface area contributed by atoms with Gasteiger partial charge in [-0.15, -0.1) is 6.42 Å². The molecular formula is C11H11N. The third-order valence-corrected chi connectivity index (χ3v) is 2.30. The summed E-state index contributed by atoms with van der Waals surface area (Å²) in [5.74, 6) is 2.78. The Morgan fingerprint density at radius 2 is 2.08 bits per heavy atom. The number of benzene rings is 1. The van der Waals surface area contributed by atoms with E-state index in [4.69, 9.17) is 6.42 Å². The molecule has 0 aliphatic carbocycles. The molecule has 0 N–H and O–H groups in total. The van der Waals surface area contributed by atoms with Crippen LogP contribution >= 0.6 is 0 Å². The van der Waals surface area contributed by atoms with Crippen LogP contribution < -0.4 is 4.90 Å². The summed E-state index contributed by atoms with van der Waals surface area (Å²) in [5, 5.41) is 0. The van der Waals surface area contributed by atoms with Gasteiger partial charge in [-0.1, -0.05) is 24.1 Å². The number of hydrogen-bond donors (Lipinski definition) is 0. The first-order valence-corrected chi connectivity index (χ1v) is 4.19. The minimum atomic E-state index is 0.326. The van der Waals surface area contributed by atoms with Crippen LogP contribution in [-0.4, -0.2) is 12.6 Å². The molecule has 1 saturated heterocycles. The second-order valence-electron chi connectivity index (χ2n) is 3.00. The fourth-order valence-corrected chi connectivity index (χ4v) is 1.49. The fraction of sp³-hybridized carbons (Fsp3) is 0.273. The van der Waals surface area contributed by atoms with E-state index in [2.05, 4.69) is 23.0 Å². The standard InChI is InChI=1S/C11H11N/c1-2-10-8-9-12(10)11-6-4-3-5-7-11/h1,3-7,10H,8-9H2. The molecule has 1 unspecified atom stereocenters. The van der Waals surface area contributed by atoms with E-state index < -0.39 is 0 Å². The van der Waals surface area contributed by atoms with Gasteiger partial charge in [-0.2, -0.15) is 0 Å². The Hall–Kier alpha value is -1.42. The molecule has 0 amide bonds. The molecule has 0 saturated carbocycles.